The summed E-state index contributed by atoms with van der Waals surface area (Å²) in [5, 5.41) is 9.98. The number of hydrogen-bond acceptors (Lipinski definition) is 1. The highest BCUT2D eigenvalue weighted by Gasteiger charge is 2.53. The van der Waals surface area contributed by atoms with Crippen molar-refractivity contribution in [2.45, 2.75) is 66.2 Å². The predicted octanol–water partition coefficient (Wildman–Crippen LogP) is 5.11. The molecule has 1 unspecified atom stereocenters. The molecule has 1 fully saturated rings. The second kappa shape index (κ2) is 5.26. The smallest absolute Gasteiger partial charge is 0.0487 e. The summed E-state index contributed by atoms with van der Waals surface area (Å²) in [6.07, 6.45) is 12.6. The van der Waals surface area contributed by atoms with E-state index >= 15 is 0 Å². The molecule has 1 saturated carbocycles. The maximum Gasteiger partial charge on any atom is 0.0487 e. The molecule has 1 nitrogen and oxygen atoms in total. The molecular weight excluding hydrogens is 256 g/mol. The molecule has 4 atom stereocenters. The molecule has 0 saturated heterocycles. The fourth-order valence-electron chi connectivity index (χ4n) is 5.66. The van der Waals surface area contributed by atoms with Crippen molar-refractivity contribution in [3.63, 3.8) is 0 Å². The molecule has 0 spiro atoms. The van der Waals surface area contributed by atoms with Crippen LogP contribution < -0.4 is 0 Å². The van der Waals surface area contributed by atoms with Crippen molar-refractivity contribution in [2.75, 3.05) is 6.61 Å². The second-order valence-electron chi connectivity index (χ2n) is 8.63. The van der Waals surface area contributed by atoms with Crippen LogP contribution in [-0.2, 0) is 0 Å². The van der Waals surface area contributed by atoms with Crippen LogP contribution >= 0.6 is 0 Å². The third-order valence-corrected chi connectivity index (χ3v) is 7.06. The van der Waals surface area contributed by atoms with Gasteiger partial charge in [0.1, 0.15) is 0 Å². The molecule has 0 bridgehead atoms. The van der Waals surface area contributed by atoms with Crippen LogP contribution in [0.3, 0.4) is 0 Å². The first-order valence-electron chi connectivity index (χ1n) is 8.92. The maximum atomic E-state index is 9.98. The Morgan fingerprint density at radius 2 is 2.05 bits per heavy atom. The molecule has 1 heteroatoms. The van der Waals surface area contributed by atoms with Crippen molar-refractivity contribution >= 4 is 0 Å². The Labute approximate surface area is 130 Å². The SMILES string of the molecule is CC(C)C1=CC2=CC[C@@H]3[C@](C)(CO)CCC[C@]3(C)C2CC1. The van der Waals surface area contributed by atoms with Crippen LogP contribution in [0.1, 0.15) is 66.2 Å². The van der Waals surface area contributed by atoms with Gasteiger partial charge in [-0.3, -0.25) is 0 Å². The van der Waals surface area contributed by atoms with Gasteiger partial charge in [-0.15, -0.1) is 0 Å². The second-order valence-corrected chi connectivity index (χ2v) is 8.63. The number of allylic oxidation sites excluding steroid dienone is 4. The fraction of sp³-hybridized carbons (Fsp3) is 0.800. The standard InChI is InChI=1S/C20H32O/c1-14(2)15-6-8-17-16(12-15)7-9-18-19(3,13-21)10-5-11-20(17,18)4/h7,12,14,17-18,21H,5-6,8-11,13H2,1-4H3/t17?,18-,19+,20-/m1/s1. The van der Waals surface area contributed by atoms with E-state index in [9.17, 15) is 5.11 Å². The Morgan fingerprint density at radius 1 is 1.29 bits per heavy atom. The van der Waals surface area contributed by atoms with Crippen molar-refractivity contribution in [1.82, 2.24) is 0 Å². The predicted molar refractivity (Wildman–Crippen MR) is 89.0 cm³/mol. The monoisotopic (exact) mass is 288 g/mol. The lowest BCUT2D eigenvalue weighted by Crippen LogP contribution is -2.51. The summed E-state index contributed by atoms with van der Waals surface area (Å²) in [6, 6.07) is 0. The van der Waals surface area contributed by atoms with Crippen molar-refractivity contribution in [3.8, 4) is 0 Å². The van der Waals surface area contributed by atoms with Gasteiger partial charge in [0.25, 0.3) is 0 Å². The molecule has 1 N–H and O–H groups in total. The van der Waals surface area contributed by atoms with Crippen molar-refractivity contribution in [1.29, 1.82) is 0 Å². The first-order chi connectivity index (χ1) is 9.90. The van der Waals surface area contributed by atoms with Gasteiger partial charge < -0.3 is 5.11 Å². The van der Waals surface area contributed by atoms with Crippen LogP contribution in [-0.4, -0.2) is 11.7 Å². The Balaban J connectivity index is 1.97. The van der Waals surface area contributed by atoms with E-state index < -0.39 is 0 Å². The molecular formula is C20H32O. The normalized spacial score (nSPS) is 43.0. The van der Waals surface area contributed by atoms with Crippen LogP contribution in [0.4, 0.5) is 0 Å². The summed E-state index contributed by atoms with van der Waals surface area (Å²) in [5.41, 5.74) is 3.79. The third kappa shape index (κ3) is 2.32. The molecule has 0 aromatic heterocycles. The summed E-state index contributed by atoms with van der Waals surface area (Å²) in [4.78, 5) is 0. The molecule has 0 heterocycles. The topological polar surface area (TPSA) is 20.2 Å². The van der Waals surface area contributed by atoms with E-state index in [1.807, 2.05) is 0 Å². The lowest BCUT2D eigenvalue weighted by atomic mass is 9.47. The first kappa shape index (κ1) is 15.3. The molecule has 21 heavy (non-hydrogen) atoms. The summed E-state index contributed by atoms with van der Waals surface area (Å²) >= 11 is 0. The van der Waals surface area contributed by atoms with E-state index in [0.717, 1.165) is 5.92 Å². The summed E-state index contributed by atoms with van der Waals surface area (Å²) in [6.45, 7) is 9.85. The van der Waals surface area contributed by atoms with Crippen LogP contribution in [0.2, 0.25) is 0 Å². The molecule has 0 aromatic rings. The Morgan fingerprint density at radius 3 is 2.71 bits per heavy atom. The zero-order chi connectivity index (χ0) is 15.3. The van der Waals surface area contributed by atoms with E-state index in [4.69, 9.17) is 0 Å². The van der Waals surface area contributed by atoms with E-state index in [1.54, 1.807) is 11.1 Å². The number of rotatable bonds is 2. The van der Waals surface area contributed by atoms with Crippen molar-refractivity contribution in [2.24, 2.45) is 28.6 Å². The molecule has 3 aliphatic rings. The molecule has 0 amide bonds. The minimum atomic E-state index is 0.136. The average Bonchev–Trinajstić information content (AvgIpc) is 2.46. The lowest BCUT2D eigenvalue weighted by molar-refractivity contribution is -0.0737. The van der Waals surface area contributed by atoms with Gasteiger partial charge in [-0.25, -0.2) is 0 Å². The van der Waals surface area contributed by atoms with Gasteiger partial charge in [-0.2, -0.15) is 0 Å². The minimum absolute atomic E-state index is 0.136. The Kier molecular flexibility index (Phi) is 3.84. The molecule has 0 aliphatic heterocycles. The molecule has 0 aromatic carbocycles. The van der Waals surface area contributed by atoms with E-state index in [-0.39, 0.29) is 5.41 Å². The Hall–Kier alpha value is -0.560. The van der Waals surface area contributed by atoms with Crippen molar-refractivity contribution in [3.05, 3.63) is 23.3 Å². The highest BCUT2D eigenvalue weighted by atomic mass is 16.3. The van der Waals surface area contributed by atoms with Gasteiger partial charge in [0.2, 0.25) is 0 Å². The van der Waals surface area contributed by atoms with E-state index in [0.29, 0.717) is 23.9 Å². The summed E-state index contributed by atoms with van der Waals surface area (Å²) < 4.78 is 0. The molecule has 0 radical (unpaired) electrons. The van der Waals surface area contributed by atoms with Gasteiger partial charge >= 0.3 is 0 Å². The van der Waals surface area contributed by atoms with Crippen LogP contribution in [0.5, 0.6) is 0 Å². The fourth-order valence-corrected chi connectivity index (χ4v) is 5.66. The maximum absolute atomic E-state index is 9.98. The highest BCUT2D eigenvalue weighted by molar-refractivity contribution is 5.35. The molecule has 3 aliphatic carbocycles. The molecule has 118 valence electrons. The number of hydrogen-bond donors (Lipinski definition) is 1. The number of fused-ring (bicyclic) bond motifs is 3. The number of aliphatic hydroxyl groups excluding tert-OH is 1. The van der Waals surface area contributed by atoms with Crippen molar-refractivity contribution < 1.29 is 5.11 Å². The Bertz CT molecular complexity index is 472. The van der Waals surface area contributed by atoms with Gasteiger partial charge in [0.05, 0.1) is 0 Å². The van der Waals surface area contributed by atoms with Gasteiger partial charge in [0, 0.05) is 6.61 Å². The van der Waals surface area contributed by atoms with Gasteiger partial charge in [0.15, 0.2) is 0 Å². The highest BCUT2D eigenvalue weighted by Crippen LogP contribution is 2.61. The lowest BCUT2D eigenvalue weighted by Gasteiger charge is -2.58. The quantitative estimate of drug-likeness (QED) is 0.748. The first-order valence-corrected chi connectivity index (χ1v) is 8.92. The molecule has 3 rings (SSSR count). The summed E-state index contributed by atoms with van der Waals surface area (Å²) in [5.74, 6) is 2.07. The van der Waals surface area contributed by atoms with Crippen LogP contribution in [0.25, 0.3) is 0 Å². The summed E-state index contributed by atoms with van der Waals surface area (Å²) in [7, 11) is 0. The average molecular weight is 288 g/mol. The van der Waals surface area contributed by atoms with Gasteiger partial charge in [-0.05, 0) is 66.3 Å². The largest absolute Gasteiger partial charge is 0.396 e. The minimum Gasteiger partial charge on any atom is -0.396 e. The van der Waals surface area contributed by atoms with Gasteiger partial charge in [-0.1, -0.05) is 51.8 Å². The van der Waals surface area contributed by atoms with Crippen LogP contribution in [0, 0.1) is 28.6 Å². The zero-order valence-electron chi connectivity index (χ0n) is 14.3. The zero-order valence-corrected chi connectivity index (χ0v) is 14.3. The van der Waals surface area contributed by atoms with E-state index in [2.05, 4.69) is 39.8 Å². The number of aliphatic hydroxyl groups is 1. The third-order valence-electron chi connectivity index (χ3n) is 7.06. The van der Waals surface area contributed by atoms with Crippen LogP contribution in [0.15, 0.2) is 23.3 Å². The van der Waals surface area contributed by atoms with E-state index in [1.165, 1.54) is 38.5 Å².